The number of aromatic nitrogens is 1. The maximum Gasteiger partial charge on any atom is 0.255 e. The number of nitrogens with zero attached hydrogens (tertiary/aromatic N) is 1. The SMILES string of the molecule is Cc1c(Nc2ccc(Br)cc2F)[c]c2n(c1=O)CCC2C(N)=O. The highest BCUT2D eigenvalue weighted by Gasteiger charge is 2.29. The molecule has 0 saturated carbocycles. The molecular weight excluding hydrogens is 365 g/mol. The highest BCUT2D eigenvalue weighted by atomic mass is 79.9. The molecule has 1 amide bonds. The van der Waals surface area contributed by atoms with Crippen LogP contribution in [-0.2, 0) is 11.3 Å². The number of hydrogen-bond donors (Lipinski definition) is 2. The number of carbonyl (C=O) groups excluding carboxylic acids is 1. The lowest BCUT2D eigenvalue weighted by Gasteiger charge is -2.14. The fourth-order valence-corrected chi connectivity index (χ4v) is 3.06. The summed E-state index contributed by atoms with van der Waals surface area (Å²) in [5.74, 6) is -1.49. The molecule has 119 valence electrons. The molecule has 0 fully saturated rings. The van der Waals surface area contributed by atoms with Gasteiger partial charge in [0.2, 0.25) is 5.91 Å². The molecule has 0 saturated heterocycles. The van der Waals surface area contributed by atoms with E-state index in [2.05, 4.69) is 27.3 Å². The minimum atomic E-state index is -0.543. The summed E-state index contributed by atoms with van der Waals surface area (Å²) in [6.07, 6.45) is 0.483. The summed E-state index contributed by atoms with van der Waals surface area (Å²) in [7, 11) is 0. The van der Waals surface area contributed by atoms with Crippen LogP contribution in [0.1, 0.15) is 23.6 Å². The van der Waals surface area contributed by atoms with Crippen LogP contribution in [-0.4, -0.2) is 10.5 Å². The molecule has 7 heteroatoms. The van der Waals surface area contributed by atoms with E-state index in [-0.39, 0.29) is 11.2 Å². The number of nitrogens with one attached hydrogen (secondary N) is 1. The quantitative estimate of drug-likeness (QED) is 0.861. The first kappa shape index (κ1) is 15.7. The van der Waals surface area contributed by atoms with Crippen LogP contribution >= 0.6 is 15.9 Å². The molecule has 1 aliphatic rings. The average molecular weight is 379 g/mol. The Bertz CT molecular complexity index is 863. The summed E-state index contributed by atoms with van der Waals surface area (Å²) >= 11 is 3.19. The second kappa shape index (κ2) is 5.81. The molecule has 5 nitrogen and oxygen atoms in total. The summed E-state index contributed by atoms with van der Waals surface area (Å²) in [5.41, 5.74) is 6.62. The fourth-order valence-electron chi connectivity index (χ4n) is 2.73. The molecule has 0 bridgehead atoms. The zero-order chi connectivity index (χ0) is 16.7. The number of benzene rings is 1. The first-order valence-corrected chi connectivity index (χ1v) is 7.85. The van der Waals surface area contributed by atoms with Crippen LogP contribution in [0.15, 0.2) is 27.5 Å². The number of nitrogens with two attached hydrogens (primary N) is 1. The van der Waals surface area contributed by atoms with Crippen molar-refractivity contribution in [1.29, 1.82) is 0 Å². The molecule has 1 aliphatic heterocycles. The number of anilines is 2. The van der Waals surface area contributed by atoms with Gasteiger partial charge in [-0.25, -0.2) is 4.39 Å². The number of hydrogen-bond acceptors (Lipinski definition) is 3. The second-order valence-electron chi connectivity index (χ2n) is 5.46. The standard InChI is InChI=1S/C16H14BrFN3O2/c1-8-13(20-12-3-2-9(17)6-11(12)18)7-14-10(15(19)22)4-5-21(14)16(8)23/h2-3,6,10,20H,4-5H2,1H3,(H2,19,22). The van der Waals surface area contributed by atoms with E-state index in [1.165, 1.54) is 10.6 Å². The van der Waals surface area contributed by atoms with Crippen LogP contribution in [0.3, 0.4) is 0 Å². The van der Waals surface area contributed by atoms with Crippen molar-refractivity contribution in [3.05, 3.63) is 56.2 Å². The zero-order valence-electron chi connectivity index (χ0n) is 12.3. The minimum Gasteiger partial charge on any atom is -0.369 e. The monoisotopic (exact) mass is 378 g/mol. The predicted molar refractivity (Wildman–Crippen MR) is 88.2 cm³/mol. The minimum absolute atomic E-state index is 0.220. The third-order valence-electron chi connectivity index (χ3n) is 3.99. The van der Waals surface area contributed by atoms with Gasteiger partial charge in [0.05, 0.1) is 17.3 Å². The topological polar surface area (TPSA) is 77.1 Å². The molecule has 1 aromatic heterocycles. The highest BCUT2D eigenvalue weighted by molar-refractivity contribution is 9.10. The number of halogens is 2. The summed E-state index contributed by atoms with van der Waals surface area (Å²) < 4.78 is 16.1. The molecule has 3 N–H and O–H groups in total. The Morgan fingerprint density at radius 2 is 2.26 bits per heavy atom. The van der Waals surface area contributed by atoms with Crippen LogP contribution in [0.25, 0.3) is 0 Å². The third-order valence-corrected chi connectivity index (χ3v) is 4.48. The van der Waals surface area contributed by atoms with Gasteiger partial charge in [0.1, 0.15) is 5.82 Å². The number of carbonyl (C=O) groups is 1. The zero-order valence-corrected chi connectivity index (χ0v) is 13.9. The first-order valence-electron chi connectivity index (χ1n) is 7.06. The van der Waals surface area contributed by atoms with Gasteiger partial charge in [0.15, 0.2) is 0 Å². The van der Waals surface area contributed by atoms with Crippen molar-refractivity contribution in [3.63, 3.8) is 0 Å². The van der Waals surface area contributed by atoms with E-state index in [4.69, 9.17) is 5.73 Å². The molecule has 1 unspecified atom stereocenters. The van der Waals surface area contributed by atoms with Gasteiger partial charge in [-0.05, 0) is 31.5 Å². The molecular formula is C16H14BrFN3O2. The number of rotatable bonds is 3. The third kappa shape index (κ3) is 2.76. The van der Waals surface area contributed by atoms with Crippen molar-refractivity contribution in [2.45, 2.75) is 25.8 Å². The van der Waals surface area contributed by atoms with E-state index < -0.39 is 17.6 Å². The van der Waals surface area contributed by atoms with Gasteiger partial charge in [0.25, 0.3) is 5.56 Å². The van der Waals surface area contributed by atoms with Gasteiger partial charge in [-0.1, -0.05) is 15.9 Å². The van der Waals surface area contributed by atoms with Crippen molar-refractivity contribution in [3.8, 4) is 0 Å². The molecule has 1 aromatic carbocycles. The van der Waals surface area contributed by atoms with E-state index in [0.29, 0.717) is 34.4 Å². The number of amides is 1. The van der Waals surface area contributed by atoms with Gasteiger partial charge in [0, 0.05) is 28.3 Å². The molecule has 2 aromatic rings. The van der Waals surface area contributed by atoms with Crippen LogP contribution in [0, 0.1) is 18.8 Å². The Labute approximate surface area is 140 Å². The smallest absolute Gasteiger partial charge is 0.255 e. The molecule has 1 atom stereocenters. The highest BCUT2D eigenvalue weighted by Crippen LogP contribution is 2.30. The van der Waals surface area contributed by atoms with Crippen LogP contribution in [0.5, 0.6) is 0 Å². The maximum atomic E-state index is 14.0. The number of fused-ring (bicyclic) bond motifs is 1. The molecule has 2 heterocycles. The fraction of sp³-hybridized carbons (Fsp3) is 0.250. The van der Waals surface area contributed by atoms with Crippen molar-refractivity contribution < 1.29 is 9.18 Å². The summed E-state index contributed by atoms with van der Waals surface area (Å²) in [6.45, 7) is 2.08. The van der Waals surface area contributed by atoms with E-state index in [0.717, 1.165) is 0 Å². The Kier molecular flexibility index (Phi) is 3.97. The lowest BCUT2D eigenvalue weighted by Crippen LogP contribution is -2.25. The van der Waals surface area contributed by atoms with Crippen molar-refractivity contribution in [2.75, 3.05) is 5.32 Å². The van der Waals surface area contributed by atoms with Crippen molar-refractivity contribution >= 4 is 33.2 Å². The van der Waals surface area contributed by atoms with Gasteiger partial charge in [-0.15, -0.1) is 0 Å². The van der Waals surface area contributed by atoms with E-state index in [1.807, 2.05) is 0 Å². The predicted octanol–water partition coefficient (Wildman–Crippen LogP) is 2.57. The number of pyridine rings is 1. The summed E-state index contributed by atoms with van der Waals surface area (Å²) in [5, 5.41) is 2.88. The summed E-state index contributed by atoms with van der Waals surface area (Å²) in [6, 6.07) is 7.60. The van der Waals surface area contributed by atoms with Gasteiger partial charge in [-0.3, -0.25) is 9.59 Å². The molecule has 0 spiro atoms. The van der Waals surface area contributed by atoms with E-state index >= 15 is 0 Å². The van der Waals surface area contributed by atoms with Crippen LogP contribution in [0.2, 0.25) is 0 Å². The van der Waals surface area contributed by atoms with Gasteiger partial charge < -0.3 is 15.6 Å². The lowest BCUT2D eigenvalue weighted by molar-refractivity contribution is -0.119. The average Bonchev–Trinajstić information content (AvgIpc) is 2.91. The van der Waals surface area contributed by atoms with Crippen molar-refractivity contribution in [2.24, 2.45) is 5.73 Å². The largest absolute Gasteiger partial charge is 0.369 e. The second-order valence-corrected chi connectivity index (χ2v) is 6.38. The molecule has 0 aliphatic carbocycles. The maximum absolute atomic E-state index is 14.0. The van der Waals surface area contributed by atoms with Gasteiger partial charge >= 0.3 is 0 Å². The Hall–Kier alpha value is -2.15. The molecule has 1 radical (unpaired) electrons. The van der Waals surface area contributed by atoms with Crippen LogP contribution < -0.4 is 16.6 Å². The summed E-state index contributed by atoms with van der Waals surface area (Å²) in [4.78, 5) is 24.0. The molecule has 23 heavy (non-hydrogen) atoms. The normalized spacial score (nSPS) is 16.2. The Morgan fingerprint density at radius 3 is 2.91 bits per heavy atom. The Morgan fingerprint density at radius 1 is 1.52 bits per heavy atom. The van der Waals surface area contributed by atoms with E-state index in [1.54, 1.807) is 19.1 Å². The van der Waals surface area contributed by atoms with E-state index in [9.17, 15) is 14.0 Å². The molecule has 3 rings (SSSR count). The first-order chi connectivity index (χ1) is 10.9. The lowest BCUT2D eigenvalue weighted by atomic mass is 10.0. The number of primary amides is 1. The van der Waals surface area contributed by atoms with Crippen LogP contribution in [0.4, 0.5) is 15.8 Å². The van der Waals surface area contributed by atoms with Gasteiger partial charge in [-0.2, -0.15) is 0 Å². The van der Waals surface area contributed by atoms with Crippen molar-refractivity contribution in [1.82, 2.24) is 4.57 Å². The Balaban J connectivity index is 2.07.